The standard InChI is InChI=1S/C27H33N3O3/c1-20-16-29(17-21(2)33-20)18-22-10-12-30(13-11-22)27(31)23-8-5-9-26(14-23)32-19-25-7-4-3-6-24(25)15-28/h3-9,14,20-22H,10-13,16-19H2,1-2H3. The first-order valence-corrected chi connectivity index (χ1v) is 11.9. The Morgan fingerprint density at radius 3 is 2.55 bits per heavy atom. The first-order valence-electron chi connectivity index (χ1n) is 11.9. The van der Waals surface area contributed by atoms with Crippen LogP contribution in [-0.2, 0) is 11.3 Å². The number of rotatable bonds is 6. The summed E-state index contributed by atoms with van der Waals surface area (Å²) in [6, 6.07) is 16.9. The van der Waals surface area contributed by atoms with Crippen LogP contribution in [0.1, 0.15) is 48.2 Å². The maximum absolute atomic E-state index is 13.1. The molecule has 2 aromatic rings. The van der Waals surface area contributed by atoms with E-state index in [0.29, 0.717) is 41.6 Å². The van der Waals surface area contributed by atoms with Gasteiger partial charge in [0.05, 0.1) is 23.8 Å². The van der Waals surface area contributed by atoms with E-state index in [9.17, 15) is 10.1 Å². The fourth-order valence-corrected chi connectivity index (χ4v) is 4.94. The molecule has 2 saturated heterocycles. The van der Waals surface area contributed by atoms with E-state index in [-0.39, 0.29) is 5.91 Å². The lowest BCUT2D eigenvalue weighted by Crippen LogP contribution is -2.48. The largest absolute Gasteiger partial charge is 0.489 e. The molecule has 2 unspecified atom stereocenters. The van der Waals surface area contributed by atoms with Crippen molar-refractivity contribution < 1.29 is 14.3 Å². The van der Waals surface area contributed by atoms with Crippen LogP contribution in [-0.4, -0.2) is 60.6 Å². The number of likely N-dealkylation sites (tertiary alicyclic amines) is 1. The third kappa shape index (κ3) is 6.13. The lowest BCUT2D eigenvalue weighted by molar-refractivity contribution is -0.0728. The van der Waals surface area contributed by atoms with Gasteiger partial charge in [0.15, 0.2) is 0 Å². The van der Waals surface area contributed by atoms with Gasteiger partial charge in [-0.15, -0.1) is 0 Å². The Morgan fingerprint density at radius 2 is 1.82 bits per heavy atom. The van der Waals surface area contributed by atoms with Crippen molar-refractivity contribution in [2.45, 2.75) is 45.5 Å². The smallest absolute Gasteiger partial charge is 0.253 e. The van der Waals surface area contributed by atoms with Gasteiger partial charge >= 0.3 is 0 Å². The van der Waals surface area contributed by atoms with Crippen LogP contribution in [0.4, 0.5) is 0 Å². The number of hydrogen-bond donors (Lipinski definition) is 0. The van der Waals surface area contributed by atoms with Crippen LogP contribution >= 0.6 is 0 Å². The average Bonchev–Trinajstić information content (AvgIpc) is 2.82. The first-order chi connectivity index (χ1) is 16.0. The van der Waals surface area contributed by atoms with Crippen molar-refractivity contribution in [2.24, 2.45) is 5.92 Å². The van der Waals surface area contributed by atoms with Crippen LogP contribution < -0.4 is 4.74 Å². The van der Waals surface area contributed by atoms with Gasteiger partial charge in [0, 0.05) is 43.9 Å². The Kier molecular flexibility index (Phi) is 7.64. The fraction of sp³-hybridized carbons (Fsp3) is 0.481. The summed E-state index contributed by atoms with van der Waals surface area (Å²) < 4.78 is 11.7. The van der Waals surface area contributed by atoms with Crippen LogP contribution in [0.15, 0.2) is 48.5 Å². The molecule has 2 aromatic carbocycles. The number of hydrogen-bond acceptors (Lipinski definition) is 5. The molecule has 0 aliphatic carbocycles. The van der Waals surface area contributed by atoms with E-state index < -0.39 is 0 Å². The predicted molar refractivity (Wildman–Crippen MR) is 127 cm³/mol. The van der Waals surface area contributed by atoms with Gasteiger partial charge in [-0.25, -0.2) is 0 Å². The first kappa shape index (κ1) is 23.3. The number of carbonyl (C=O) groups is 1. The topological polar surface area (TPSA) is 65.8 Å². The molecule has 0 bridgehead atoms. The van der Waals surface area contributed by atoms with Gasteiger partial charge in [0.1, 0.15) is 12.4 Å². The SMILES string of the molecule is CC1CN(CC2CCN(C(=O)c3cccc(OCc4ccccc4C#N)c3)CC2)CC(C)O1. The second-order valence-corrected chi connectivity index (χ2v) is 9.30. The van der Waals surface area contributed by atoms with Crippen LogP contribution in [0.25, 0.3) is 0 Å². The molecule has 2 fully saturated rings. The van der Waals surface area contributed by atoms with Crippen molar-refractivity contribution in [3.8, 4) is 11.8 Å². The monoisotopic (exact) mass is 447 g/mol. The van der Waals surface area contributed by atoms with E-state index >= 15 is 0 Å². The van der Waals surface area contributed by atoms with Crippen molar-refractivity contribution in [2.75, 3.05) is 32.7 Å². The summed E-state index contributed by atoms with van der Waals surface area (Å²) in [6.45, 7) is 9.25. The zero-order valence-electron chi connectivity index (χ0n) is 19.6. The molecule has 0 aromatic heterocycles. The summed E-state index contributed by atoms with van der Waals surface area (Å²) in [7, 11) is 0. The number of morpholine rings is 1. The molecular weight excluding hydrogens is 414 g/mol. The van der Waals surface area contributed by atoms with Gasteiger partial charge in [0.2, 0.25) is 0 Å². The number of amides is 1. The maximum atomic E-state index is 13.1. The lowest BCUT2D eigenvalue weighted by atomic mass is 9.95. The Bertz CT molecular complexity index is 984. The van der Waals surface area contributed by atoms with Crippen molar-refractivity contribution in [1.29, 1.82) is 5.26 Å². The minimum atomic E-state index is 0.0601. The molecule has 0 saturated carbocycles. The van der Waals surface area contributed by atoms with Crippen molar-refractivity contribution in [3.05, 3.63) is 65.2 Å². The zero-order valence-corrected chi connectivity index (χ0v) is 19.6. The highest BCUT2D eigenvalue weighted by Crippen LogP contribution is 2.23. The summed E-state index contributed by atoms with van der Waals surface area (Å²) >= 11 is 0. The molecule has 2 atom stereocenters. The highest BCUT2D eigenvalue weighted by atomic mass is 16.5. The molecule has 33 heavy (non-hydrogen) atoms. The minimum absolute atomic E-state index is 0.0601. The highest BCUT2D eigenvalue weighted by Gasteiger charge is 2.28. The van der Waals surface area contributed by atoms with Crippen LogP contribution in [0.2, 0.25) is 0 Å². The van der Waals surface area contributed by atoms with Crippen LogP contribution in [0, 0.1) is 17.2 Å². The summed E-state index contributed by atoms with van der Waals surface area (Å²) in [5.74, 6) is 1.32. The van der Waals surface area contributed by atoms with E-state index in [2.05, 4.69) is 24.8 Å². The van der Waals surface area contributed by atoms with Crippen LogP contribution in [0.3, 0.4) is 0 Å². The van der Waals surface area contributed by atoms with Crippen molar-refractivity contribution in [1.82, 2.24) is 9.80 Å². The second-order valence-electron chi connectivity index (χ2n) is 9.30. The summed E-state index contributed by atoms with van der Waals surface area (Å²) in [6.07, 6.45) is 2.65. The third-order valence-corrected chi connectivity index (χ3v) is 6.53. The second kappa shape index (κ2) is 10.8. The van der Waals surface area contributed by atoms with Gasteiger partial charge in [-0.1, -0.05) is 24.3 Å². The normalized spacial score (nSPS) is 22.0. The third-order valence-electron chi connectivity index (χ3n) is 6.53. The number of ether oxygens (including phenoxy) is 2. The molecule has 4 rings (SSSR count). The number of carbonyl (C=O) groups excluding carboxylic acids is 1. The van der Waals surface area contributed by atoms with Crippen molar-refractivity contribution >= 4 is 5.91 Å². The lowest BCUT2D eigenvalue weighted by Gasteiger charge is -2.39. The minimum Gasteiger partial charge on any atom is -0.489 e. The molecule has 6 heteroatoms. The van der Waals surface area contributed by atoms with E-state index in [1.54, 1.807) is 12.1 Å². The zero-order chi connectivity index (χ0) is 23.2. The number of piperidine rings is 1. The Morgan fingerprint density at radius 1 is 1.09 bits per heavy atom. The molecule has 2 heterocycles. The Hall–Kier alpha value is -2.88. The highest BCUT2D eigenvalue weighted by molar-refractivity contribution is 5.94. The number of benzene rings is 2. The van der Waals surface area contributed by atoms with Crippen molar-refractivity contribution in [3.63, 3.8) is 0 Å². The molecule has 6 nitrogen and oxygen atoms in total. The molecule has 2 aliphatic rings. The summed E-state index contributed by atoms with van der Waals surface area (Å²) in [5.41, 5.74) is 2.09. The quantitative estimate of drug-likeness (QED) is 0.667. The molecule has 1 amide bonds. The van der Waals surface area contributed by atoms with Gasteiger partial charge < -0.3 is 14.4 Å². The number of nitrogens with zero attached hydrogens (tertiary/aromatic N) is 3. The molecule has 0 N–H and O–H groups in total. The molecule has 2 aliphatic heterocycles. The maximum Gasteiger partial charge on any atom is 0.253 e. The Labute approximate surface area is 196 Å². The molecule has 0 radical (unpaired) electrons. The van der Waals surface area contributed by atoms with E-state index in [1.807, 2.05) is 41.3 Å². The Balaban J connectivity index is 1.29. The average molecular weight is 448 g/mol. The van der Waals surface area contributed by atoms with Crippen LogP contribution in [0.5, 0.6) is 5.75 Å². The van der Waals surface area contributed by atoms with Gasteiger partial charge in [-0.05, 0) is 56.9 Å². The van der Waals surface area contributed by atoms with E-state index in [4.69, 9.17) is 9.47 Å². The summed E-state index contributed by atoms with van der Waals surface area (Å²) in [5, 5.41) is 9.25. The molecule has 0 spiro atoms. The van der Waals surface area contributed by atoms with E-state index in [0.717, 1.165) is 51.1 Å². The number of nitriles is 1. The summed E-state index contributed by atoms with van der Waals surface area (Å²) in [4.78, 5) is 17.6. The van der Waals surface area contributed by atoms with E-state index in [1.165, 1.54) is 0 Å². The molecular formula is C27H33N3O3. The van der Waals surface area contributed by atoms with Gasteiger partial charge in [0.25, 0.3) is 5.91 Å². The van der Waals surface area contributed by atoms with Gasteiger partial charge in [-0.3, -0.25) is 9.69 Å². The fourth-order valence-electron chi connectivity index (χ4n) is 4.94. The molecule has 174 valence electrons. The predicted octanol–water partition coefficient (Wildman–Crippen LogP) is 4.10. The van der Waals surface area contributed by atoms with Gasteiger partial charge in [-0.2, -0.15) is 5.26 Å².